The van der Waals surface area contributed by atoms with E-state index in [0.29, 0.717) is 59.0 Å². The van der Waals surface area contributed by atoms with Gasteiger partial charge in [-0.25, -0.2) is 15.4 Å². The molecule has 7 N–H and O–H groups in total. The van der Waals surface area contributed by atoms with Gasteiger partial charge < -0.3 is 30.7 Å². The van der Waals surface area contributed by atoms with Crippen LogP contribution in [0.1, 0.15) is 49.9 Å². The molecule has 0 unspecified atom stereocenters. The van der Waals surface area contributed by atoms with Gasteiger partial charge in [0.25, 0.3) is 0 Å². The minimum atomic E-state index is -0.655. The molecule has 0 saturated carbocycles. The Morgan fingerprint density at radius 1 is 1.10 bits per heavy atom. The highest BCUT2D eigenvalue weighted by Crippen LogP contribution is 2.34. The van der Waals surface area contributed by atoms with Gasteiger partial charge in [0.2, 0.25) is 5.91 Å². The van der Waals surface area contributed by atoms with Gasteiger partial charge in [-0.3, -0.25) is 20.1 Å². The summed E-state index contributed by atoms with van der Waals surface area (Å²) in [6.45, 7) is 2.35. The molecule has 2 amide bonds. The van der Waals surface area contributed by atoms with E-state index in [1.807, 2.05) is 18.2 Å². The van der Waals surface area contributed by atoms with Crippen LogP contribution in [0.3, 0.4) is 0 Å². The number of benzene rings is 2. The largest absolute Gasteiger partial charge is 0.464 e. The lowest BCUT2D eigenvalue weighted by Crippen LogP contribution is -2.32. The minimum absolute atomic E-state index is 0.0990. The Labute approximate surface area is 289 Å². The Balaban J connectivity index is 1.64. The number of carbonyl (C=O) groups is 3. The number of fused-ring (bicyclic) bond motifs is 4. The number of hydrazine groups is 1. The number of hydrogen-bond donors (Lipinski definition) is 5. The summed E-state index contributed by atoms with van der Waals surface area (Å²) in [4.78, 5) is 43.3. The van der Waals surface area contributed by atoms with Crippen molar-refractivity contribution in [3.05, 3.63) is 77.1 Å². The predicted octanol–water partition coefficient (Wildman–Crippen LogP) is 4.97. The zero-order chi connectivity index (χ0) is 35.2. The van der Waals surface area contributed by atoms with Crippen LogP contribution in [0.4, 0.5) is 21.9 Å². The summed E-state index contributed by atoms with van der Waals surface area (Å²) in [7, 11) is 1.52. The Morgan fingerprint density at radius 2 is 1.92 bits per heavy atom. The van der Waals surface area contributed by atoms with E-state index < -0.39 is 18.2 Å². The number of halogens is 1. The summed E-state index contributed by atoms with van der Waals surface area (Å²) < 4.78 is 15.5. The van der Waals surface area contributed by atoms with Crippen LogP contribution in [0.15, 0.2) is 65.9 Å². The number of nitrogens with two attached hydrogens (primary N) is 2. The van der Waals surface area contributed by atoms with E-state index in [9.17, 15) is 14.4 Å². The molecule has 2 atom stereocenters. The molecule has 0 saturated heterocycles. The average Bonchev–Trinajstić information content (AvgIpc) is 3.08. The van der Waals surface area contributed by atoms with Gasteiger partial charge in [-0.15, -0.1) is 0 Å². The lowest BCUT2D eigenvalue weighted by atomic mass is 9.96. The van der Waals surface area contributed by atoms with Crippen LogP contribution in [-0.4, -0.2) is 62.3 Å². The fourth-order valence-corrected chi connectivity index (χ4v) is 5.44. The van der Waals surface area contributed by atoms with Crippen LogP contribution < -0.4 is 32.6 Å². The Hall–Kier alpha value is -5.18. The van der Waals surface area contributed by atoms with Crippen LogP contribution in [0.5, 0.6) is 0 Å². The van der Waals surface area contributed by atoms with E-state index in [0.717, 1.165) is 11.1 Å². The maximum absolute atomic E-state index is 13.3. The van der Waals surface area contributed by atoms with Gasteiger partial charge in [-0.2, -0.15) is 5.10 Å². The number of pyridine rings is 1. The predicted molar refractivity (Wildman–Crippen MR) is 190 cm³/mol. The number of methoxy groups -OCH3 is 1. The molecule has 49 heavy (non-hydrogen) atoms. The zero-order valence-corrected chi connectivity index (χ0v) is 28.1. The molecule has 1 aliphatic heterocycles. The lowest BCUT2D eigenvalue weighted by Gasteiger charge is -2.24. The molecule has 1 aliphatic rings. The molecule has 0 fully saturated rings. The van der Waals surface area contributed by atoms with Crippen molar-refractivity contribution in [2.24, 2.45) is 16.8 Å². The second-order valence-corrected chi connectivity index (χ2v) is 11.4. The first-order valence-electron chi connectivity index (χ1n) is 15.7. The van der Waals surface area contributed by atoms with Crippen LogP contribution in [0.25, 0.3) is 17.2 Å². The highest BCUT2D eigenvalue weighted by molar-refractivity contribution is 6.30. The molecule has 4 rings (SSSR count). The summed E-state index contributed by atoms with van der Waals surface area (Å²) in [6.07, 6.45) is 7.64. The standard InChI is InChI=1S/C34H41ClN8O6/c1-3-48-33(45)28-7-5-4-6-27(42-32(44)13-8-23-18-24(35)9-12-31(23)43(37)21-39-36)30-19-22(14-15-38-30)26-11-10-25(20-29(26)41-28)40-34(46)49-17-16-47-2/h8-15,18-21,27-28,41H,3-7,16-17,36-37H2,1-2H3,(H,40,46)(H,42,44)/b13-8+,39-21-/t27-,28-/m0/s1. The first-order valence-corrected chi connectivity index (χ1v) is 16.1. The number of rotatable bonds is 11. The number of ether oxygens (including phenoxy) is 3. The highest BCUT2D eigenvalue weighted by atomic mass is 35.5. The molecule has 0 radical (unpaired) electrons. The van der Waals surface area contributed by atoms with Gasteiger partial charge in [0, 0.05) is 46.9 Å². The van der Waals surface area contributed by atoms with Gasteiger partial charge >= 0.3 is 12.1 Å². The van der Waals surface area contributed by atoms with E-state index in [1.54, 1.807) is 49.5 Å². The number of amides is 2. The monoisotopic (exact) mass is 692 g/mol. The molecule has 14 nitrogen and oxygen atoms in total. The average molecular weight is 693 g/mol. The van der Waals surface area contributed by atoms with E-state index >= 15 is 0 Å². The molecule has 0 spiro atoms. The molecular weight excluding hydrogens is 652 g/mol. The lowest BCUT2D eigenvalue weighted by molar-refractivity contribution is -0.144. The zero-order valence-electron chi connectivity index (χ0n) is 27.4. The molecule has 3 aromatic rings. The topological polar surface area (TPSA) is 196 Å². The van der Waals surface area contributed by atoms with E-state index in [4.69, 9.17) is 37.5 Å². The van der Waals surface area contributed by atoms with Gasteiger partial charge in [0.05, 0.1) is 30.6 Å². The number of hydrazone groups is 1. The summed E-state index contributed by atoms with van der Waals surface area (Å²) in [5, 5.41) is 14.3. The molecule has 2 heterocycles. The van der Waals surface area contributed by atoms with Crippen molar-refractivity contribution in [3.63, 3.8) is 0 Å². The van der Waals surface area contributed by atoms with Crippen molar-refractivity contribution in [1.29, 1.82) is 0 Å². The maximum Gasteiger partial charge on any atom is 0.411 e. The first-order chi connectivity index (χ1) is 23.7. The number of nitrogens with zero attached hydrogens (tertiary/aromatic N) is 3. The van der Waals surface area contributed by atoms with E-state index in [-0.39, 0.29) is 31.7 Å². The molecule has 15 heteroatoms. The van der Waals surface area contributed by atoms with Gasteiger partial charge in [0.15, 0.2) is 0 Å². The molecule has 1 aromatic heterocycles. The van der Waals surface area contributed by atoms with Gasteiger partial charge in [0.1, 0.15) is 19.0 Å². The molecule has 260 valence electrons. The Morgan fingerprint density at radius 3 is 2.69 bits per heavy atom. The molecule has 2 bridgehead atoms. The third kappa shape index (κ3) is 10.7. The van der Waals surface area contributed by atoms with Crippen molar-refractivity contribution < 1.29 is 28.6 Å². The van der Waals surface area contributed by atoms with Crippen molar-refractivity contribution >= 4 is 59.0 Å². The van der Waals surface area contributed by atoms with Crippen molar-refractivity contribution in [2.75, 3.05) is 42.6 Å². The number of carbonyl (C=O) groups excluding carboxylic acids is 3. The second-order valence-electron chi connectivity index (χ2n) is 11.0. The van der Waals surface area contributed by atoms with Gasteiger partial charge in [-0.05, 0) is 73.9 Å². The number of hydrogen-bond acceptors (Lipinski definition) is 11. The number of esters is 1. The SMILES string of the molecule is CCOC(=O)[C@@H]1CCCC[C@H](NC(=O)/C=C/c2cc(Cl)ccc2N(N)/C=N\N)c2cc(ccn2)-c2ccc(NC(=O)OCCOC)cc2N1. The first kappa shape index (κ1) is 36.7. The summed E-state index contributed by atoms with van der Waals surface area (Å²) in [5.41, 5.74) is 4.37. The Kier molecular flexibility index (Phi) is 13.8. The van der Waals surface area contributed by atoms with Crippen molar-refractivity contribution in [2.45, 2.75) is 44.7 Å². The summed E-state index contributed by atoms with van der Waals surface area (Å²) in [6, 6.07) is 13.0. The third-order valence-corrected chi connectivity index (χ3v) is 7.80. The third-order valence-electron chi connectivity index (χ3n) is 7.56. The van der Waals surface area contributed by atoms with Crippen LogP contribution >= 0.6 is 11.6 Å². The van der Waals surface area contributed by atoms with E-state index in [1.165, 1.54) is 24.5 Å². The number of aromatic nitrogens is 1. The fraction of sp³-hybridized carbons (Fsp3) is 0.324. The Bertz CT molecular complexity index is 1670. The van der Waals surface area contributed by atoms with E-state index in [2.05, 4.69) is 26.0 Å². The fourth-order valence-electron chi connectivity index (χ4n) is 5.25. The summed E-state index contributed by atoms with van der Waals surface area (Å²) >= 11 is 6.21. The molecular formula is C34H41ClN8O6. The highest BCUT2D eigenvalue weighted by Gasteiger charge is 2.24. The molecule has 0 aliphatic carbocycles. The van der Waals surface area contributed by atoms with Crippen molar-refractivity contribution in [3.8, 4) is 11.1 Å². The summed E-state index contributed by atoms with van der Waals surface area (Å²) in [5.74, 6) is 10.5. The number of anilines is 3. The normalized spacial score (nSPS) is 16.1. The minimum Gasteiger partial charge on any atom is -0.464 e. The van der Waals surface area contributed by atoms with Crippen molar-refractivity contribution in [1.82, 2.24) is 10.3 Å². The smallest absolute Gasteiger partial charge is 0.411 e. The van der Waals surface area contributed by atoms with Crippen LogP contribution in [0.2, 0.25) is 5.02 Å². The van der Waals surface area contributed by atoms with Gasteiger partial charge in [-0.1, -0.05) is 30.5 Å². The second kappa shape index (κ2) is 18.4. The quantitative estimate of drug-likeness (QED) is 0.0346. The molecule has 2 aromatic carbocycles. The van der Waals surface area contributed by atoms with Crippen LogP contribution in [0, 0.1) is 0 Å². The van der Waals surface area contributed by atoms with Crippen LogP contribution in [-0.2, 0) is 23.8 Å². The maximum atomic E-state index is 13.3. The number of nitrogens with one attached hydrogen (secondary N) is 3.